The topological polar surface area (TPSA) is 12.0 Å². The van der Waals surface area contributed by atoms with Crippen molar-refractivity contribution in [3.8, 4) is 0 Å². The minimum absolute atomic E-state index is 0.0850. The zero-order chi connectivity index (χ0) is 14.7. The second-order valence-electron chi connectivity index (χ2n) is 4.43. The Balaban J connectivity index is 2.31. The average Bonchev–Trinajstić information content (AvgIpc) is 2.41. The number of benzene rings is 2. The minimum atomic E-state index is -0.466. The van der Waals surface area contributed by atoms with E-state index in [4.69, 9.17) is 11.6 Å². The molecular weight excluding hydrogens is 348 g/mol. The monoisotopic (exact) mass is 359 g/mol. The summed E-state index contributed by atoms with van der Waals surface area (Å²) in [5.41, 5.74) is 1.28. The molecule has 0 saturated heterocycles. The van der Waals surface area contributed by atoms with E-state index in [0.29, 0.717) is 16.5 Å². The SMILES string of the molecule is CNC(Cc1ccc(Cl)c(F)c1)c1c(F)cccc1Br. The van der Waals surface area contributed by atoms with Gasteiger partial charge < -0.3 is 5.32 Å². The number of halogens is 4. The second-order valence-corrected chi connectivity index (χ2v) is 5.69. The molecule has 0 radical (unpaired) electrons. The highest BCUT2D eigenvalue weighted by molar-refractivity contribution is 9.10. The first kappa shape index (κ1) is 15.4. The summed E-state index contributed by atoms with van der Waals surface area (Å²) in [6.45, 7) is 0. The first-order chi connectivity index (χ1) is 9.52. The molecule has 0 saturated carbocycles. The molecule has 0 spiro atoms. The minimum Gasteiger partial charge on any atom is -0.313 e. The Bertz CT molecular complexity index is 599. The molecule has 0 amide bonds. The van der Waals surface area contributed by atoms with Gasteiger partial charge in [0.2, 0.25) is 0 Å². The molecule has 0 bridgehead atoms. The highest BCUT2D eigenvalue weighted by atomic mass is 79.9. The summed E-state index contributed by atoms with van der Waals surface area (Å²) < 4.78 is 28.1. The van der Waals surface area contributed by atoms with Crippen LogP contribution in [0, 0.1) is 11.6 Å². The maximum absolute atomic E-state index is 14.0. The summed E-state index contributed by atoms with van der Waals surface area (Å²) in [7, 11) is 1.75. The lowest BCUT2D eigenvalue weighted by Gasteiger charge is -2.19. The Morgan fingerprint density at radius 1 is 1.20 bits per heavy atom. The quantitative estimate of drug-likeness (QED) is 0.819. The normalized spacial score (nSPS) is 12.4. The molecule has 106 valence electrons. The largest absolute Gasteiger partial charge is 0.313 e. The van der Waals surface area contributed by atoms with E-state index in [1.807, 2.05) is 0 Å². The first-order valence-electron chi connectivity index (χ1n) is 6.08. The van der Waals surface area contributed by atoms with Crippen molar-refractivity contribution in [3.63, 3.8) is 0 Å². The van der Waals surface area contributed by atoms with Crippen molar-refractivity contribution >= 4 is 27.5 Å². The van der Waals surface area contributed by atoms with Gasteiger partial charge in [0.15, 0.2) is 0 Å². The van der Waals surface area contributed by atoms with E-state index in [2.05, 4.69) is 21.2 Å². The predicted octanol–water partition coefficient (Wildman–Crippen LogP) is 4.88. The van der Waals surface area contributed by atoms with E-state index >= 15 is 0 Å². The van der Waals surface area contributed by atoms with Gasteiger partial charge in [0, 0.05) is 16.1 Å². The van der Waals surface area contributed by atoms with Crippen LogP contribution >= 0.6 is 27.5 Å². The molecule has 20 heavy (non-hydrogen) atoms. The van der Waals surface area contributed by atoms with Crippen LogP contribution in [-0.4, -0.2) is 7.05 Å². The molecule has 2 aromatic carbocycles. The van der Waals surface area contributed by atoms with Crippen LogP contribution in [0.25, 0.3) is 0 Å². The van der Waals surface area contributed by atoms with E-state index in [1.54, 1.807) is 25.2 Å². The van der Waals surface area contributed by atoms with Crippen LogP contribution in [0.15, 0.2) is 40.9 Å². The molecule has 2 aromatic rings. The zero-order valence-electron chi connectivity index (χ0n) is 10.8. The molecule has 0 aromatic heterocycles. The zero-order valence-corrected chi connectivity index (χ0v) is 13.1. The highest BCUT2D eigenvalue weighted by Crippen LogP contribution is 2.29. The number of likely N-dealkylation sites (N-methyl/N-ethyl adjacent to an activating group) is 1. The predicted molar refractivity (Wildman–Crippen MR) is 81.0 cm³/mol. The van der Waals surface area contributed by atoms with Crippen molar-refractivity contribution < 1.29 is 8.78 Å². The number of rotatable bonds is 4. The summed E-state index contributed by atoms with van der Waals surface area (Å²) in [6.07, 6.45) is 0.462. The van der Waals surface area contributed by atoms with E-state index < -0.39 is 5.82 Å². The lowest BCUT2D eigenvalue weighted by atomic mass is 9.98. The fourth-order valence-electron chi connectivity index (χ4n) is 2.09. The van der Waals surface area contributed by atoms with Crippen LogP contribution in [0.3, 0.4) is 0 Å². The van der Waals surface area contributed by atoms with Crippen molar-refractivity contribution in [2.24, 2.45) is 0 Å². The van der Waals surface area contributed by atoms with Gasteiger partial charge in [-0.2, -0.15) is 0 Å². The van der Waals surface area contributed by atoms with E-state index in [1.165, 1.54) is 18.2 Å². The summed E-state index contributed by atoms with van der Waals surface area (Å²) in [6, 6.07) is 9.20. The third kappa shape index (κ3) is 3.37. The van der Waals surface area contributed by atoms with Crippen LogP contribution in [0.5, 0.6) is 0 Å². The van der Waals surface area contributed by atoms with Crippen molar-refractivity contribution in [2.75, 3.05) is 7.05 Å². The van der Waals surface area contributed by atoms with Crippen molar-refractivity contribution in [2.45, 2.75) is 12.5 Å². The third-order valence-corrected chi connectivity index (χ3v) is 4.12. The summed E-state index contributed by atoms with van der Waals surface area (Å²) in [5, 5.41) is 3.14. The average molecular weight is 361 g/mol. The Labute approximate surface area is 130 Å². The van der Waals surface area contributed by atoms with E-state index in [-0.39, 0.29) is 16.9 Å². The van der Waals surface area contributed by atoms with Crippen molar-refractivity contribution in [3.05, 3.63) is 68.7 Å². The lowest BCUT2D eigenvalue weighted by molar-refractivity contribution is 0.530. The fraction of sp³-hybridized carbons (Fsp3) is 0.200. The van der Waals surface area contributed by atoms with Gasteiger partial charge in [-0.3, -0.25) is 0 Å². The van der Waals surface area contributed by atoms with Crippen LogP contribution in [0.2, 0.25) is 5.02 Å². The fourth-order valence-corrected chi connectivity index (χ4v) is 2.83. The molecule has 0 aliphatic rings. The molecule has 0 fully saturated rings. The van der Waals surface area contributed by atoms with Crippen LogP contribution in [-0.2, 0) is 6.42 Å². The Hall–Kier alpha value is -0.970. The molecule has 1 nitrogen and oxygen atoms in total. The molecule has 1 atom stereocenters. The van der Waals surface area contributed by atoms with Gasteiger partial charge in [-0.15, -0.1) is 0 Å². The van der Waals surface area contributed by atoms with Gasteiger partial charge in [0.05, 0.1) is 5.02 Å². The Morgan fingerprint density at radius 2 is 1.95 bits per heavy atom. The second kappa shape index (κ2) is 6.66. The Kier molecular flexibility index (Phi) is 5.13. The Morgan fingerprint density at radius 3 is 2.55 bits per heavy atom. The van der Waals surface area contributed by atoms with Gasteiger partial charge in [-0.05, 0) is 43.3 Å². The van der Waals surface area contributed by atoms with Gasteiger partial charge in [0.25, 0.3) is 0 Å². The van der Waals surface area contributed by atoms with Crippen LogP contribution in [0.4, 0.5) is 8.78 Å². The number of hydrogen-bond acceptors (Lipinski definition) is 1. The highest BCUT2D eigenvalue weighted by Gasteiger charge is 2.18. The standard InChI is InChI=1S/C15H13BrClF2N/c1-20-14(15-10(16)3-2-4-12(15)18)8-9-5-6-11(17)13(19)7-9/h2-7,14,20H,8H2,1H3. The van der Waals surface area contributed by atoms with Crippen molar-refractivity contribution in [1.29, 1.82) is 0 Å². The van der Waals surface area contributed by atoms with Crippen LogP contribution < -0.4 is 5.32 Å². The maximum atomic E-state index is 14.0. The molecule has 5 heteroatoms. The van der Waals surface area contributed by atoms with Gasteiger partial charge in [-0.25, -0.2) is 8.78 Å². The third-order valence-electron chi connectivity index (χ3n) is 3.12. The van der Waals surface area contributed by atoms with E-state index in [9.17, 15) is 8.78 Å². The van der Waals surface area contributed by atoms with Crippen molar-refractivity contribution in [1.82, 2.24) is 5.32 Å². The lowest BCUT2D eigenvalue weighted by Crippen LogP contribution is -2.20. The molecule has 1 unspecified atom stereocenters. The molecule has 1 N–H and O–H groups in total. The first-order valence-corrected chi connectivity index (χ1v) is 7.25. The molecule has 2 rings (SSSR count). The van der Waals surface area contributed by atoms with E-state index in [0.717, 1.165) is 5.56 Å². The maximum Gasteiger partial charge on any atom is 0.142 e. The number of nitrogens with one attached hydrogen (secondary N) is 1. The van der Waals surface area contributed by atoms with Crippen LogP contribution in [0.1, 0.15) is 17.2 Å². The summed E-state index contributed by atoms with van der Waals surface area (Å²) >= 11 is 9.01. The molecular formula is C15H13BrClF2N. The molecule has 0 aliphatic heterocycles. The molecule has 0 heterocycles. The van der Waals surface area contributed by atoms with Gasteiger partial charge in [0.1, 0.15) is 11.6 Å². The summed E-state index contributed by atoms with van der Waals surface area (Å²) in [5.74, 6) is -0.764. The smallest absolute Gasteiger partial charge is 0.142 e. The number of hydrogen-bond donors (Lipinski definition) is 1. The van der Waals surface area contributed by atoms with Gasteiger partial charge >= 0.3 is 0 Å². The molecule has 0 aliphatic carbocycles. The van der Waals surface area contributed by atoms with Gasteiger partial charge in [-0.1, -0.05) is 39.7 Å². The summed E-state index contributed by atoms with van der Waals surface area (Å²) in [4.78, 5) is 0.